The molecule has 124 valence electrons. The standard InChI is InChI=1S/C15H17BrN2O3S2/c1-15(10-19)7-2-8-18(15)23(20,21)13-9-22-14(17-13)11-3-5-12(16)6-4-11/h3-6,9,19H,2,7-8,10H2,1H3. The summed E-state index contributed by atoms with van der Waals surface area (Å²) in [6, 6.07) is 7.59. The molecule has 0 aliphatic carbocycles. The van der Waals surface area contributed by atoms with Crippen molar-refractivity contribution in [2.24, 2.45) is 0 Å². The molecule has 2 aromatic rings. The normalized spacial score (nSPS) is 22.6. The summed E-state index contributed by atoms with van der Waals surface area (Å²) in [5, 5.41) is 11.9. The third-order valence-electron chi connectivity index (χ3n) is 4.15. The maximum atomic E-state index is 12.9. The van der Waals surface area contributed by atoms with Gasteiger partial charge >= 0.3 is 0 Å². The molecule has 1 N–H and O–H groups in total. The Kier molecular flexibility index (Phi) is 4.63. The molecular weight excluding hydrogens is 400 g/mol. The molecule has 0 bridgehead atoms. The zero-order chi connectivity index (χ0) is 16.7. The van der Waals surface area contributed by atoms with E-state index in [1.165, 1.54) is 15.6 Å². The number of thiazole rings is 1. The van der Waals surface area contributed by atoms with E-state index in [1.54, 1.807) is 12.3 Å². The Bertz CT molecular complexity index is 804. The topological polar surface area (TPSA) is 70.5 Å². The van der Waals surface area contributed by atoms with Gasteiger partial charge in [-0.1, -0.05) is 28.1 Å². The van der Waals surface area contributed by atoms with Gasteiger partial charge in [0.05, 0.1) is 12.1 Å². The molecule has 1 aromatic carbocycles. The molecule has 0 spiro atoms. The van der Waals surface area contributed by atoms with Crippen molar-refractivity contribution < 1.29 is 13.5 Å². The van der Waals surface area contributed by atoms with Gasteiger partial charge in [-0.25, -0.2) is 13.4 Å². The van der Waals surface area contributed by atoms with Crippen molar-refractivity contribution in [3.63, 3.8) is 0 Å². The van der Waals surface area contributed by atoms with E-state index in [0.29, 0.717) is 18.0 Å². The minimum atomic E-state index is -3.69. The van der Waals surface area contributed by atoms with Crippen LogP contribution in [0.1, 0.15) is 19.8 Å². The zero-order valence-corrected chi connectivity index (χ0v) is 15.8. The van der Waals surface area contributed by atoms with Gasteiger partial charge in [0.25, 0.3) is 10.0 Å². The fourth-order valence-electron chi connectivity index (χ4n) is 2.78. The molecule has 1 aromatic heterocycles. The van der Waals surface area contributed by atoms with Crippen LogP contribution in [-0.4, -0.2) is 41.5 Å². The highest BCUT2D eigenvalue weighted by Gasteiger charge is 2.44. The predicted octanol–water partition coefficient (Wildman–Crippen LogP) is 3.11. The van der Waals surface area contributed by atoms with Crippen molar-refractivity contribution >= 4 is 37.3 Å². The van der Waals surface area contributed by atoms with Crippen LogP contribution in [0.3, 0.4) is 0 Å². The Morgan fingerprint density at radius 2 is 2.09 bits per heavy atom. The van der Waals surface area contributed by atoms with Crippen LogP contribution in [0.5, 0.6) is 0 Å². The van der Waals surface area contributed by atoms with Gasteiger partial charge in [0.15, 0.2) is 5.03 Å². The summed E-state index contributed by atoms with van der Waals surface area (Å²) in [5.74, 6) is 0. The quantitative estimate of drug-likeness (QED) is 0.830. The van der Waals surface area contributed by atoms with E-state index < -0.39 is 15.6 Å². The molecule has 2 heterocycles. The van der Waals surface area contributed by atoms with E-state index in [9.17, 15) is 13.5 Å². The molecule has 0 radical (unpaired) electrons. The third kappa shape index (κ3) is 3.10. The van der Waals surface area contributed by atoms with E-state index in [0.717, 1.165) is 16.5 Å². The van der Waals surface area contributed by atoms with Gasteiger partial charge in [-0.2, -0.15) is 4.31 Å². The van der Waals surface area contributed by atoms with Gasteiger partial charge in [-0.15, -0.1) is 11.3 Å². The highest BCUT2D eigenvalue weighted by atomic mass is 79.9. The lowest BCUT2D eigenvalue weighted by atomic mass is 10.0. The summed E-state index contributed by atoms with van der Waals surface area (Å²) in [6.07, 6.45) is 1.41. The average Bonchev–Trinajstić information content (AvgIpc) is 3.16. The molecule has 5 nitrogen and oxygen atoms in total. The second-order valence-corrected chi connectivity index (χ2v) is 9.42. The Morgan fingerprint density at radius 3 is 2.74 bits per heavy atom. The maximum Gasteiger partial charge on any atom is 0.261 e. The van der Waals surface area contributed by atoms with Crippen LogP contribution in [0.4, 0.5) is 0 Å². The van der Waals surface area contributed by atoms with E-state index in [2.05, 4.69) is 20.9 Å². The van der Waals surface area contributed by atoms with Crippen molar-refractivity contribution in [1.29, 1.82) is 0 Å². The molecule has 0 saturated carbocycles. The number of nitrogens with zero attached hydrogens (tertiary/aromatic N) is 2. The molecule has 1 aliphatic rings. The van der Waals surface area contributed by atoms with Gasteiger partial charge in [-0.05, 0) is 31.9 Å². The fraction of sp³-hybridized carbons (Fsp3) is 0.400. The van der Waals surface area contributed by atoms with Crippen LogP contribution >= 0.6 is 27.3 Å². The largest absolute Gasteiger partial charge is 0.394 e. The number of hydrogen-bond acceptors (Lipinski definition) is 5. The minimum Gasteiger partial charge on any atom is -0.394 e. The average molecular weight is 417 g/mol. The summed E-state index contributed by atoms with van der Waals surface area (Å²) >= 11 is 4.68. The fourth-order valence-corrected chi connectivity index (χ4v) is 5.95. The smallest absolute Gasteiger partial charge is 0.261 e. The second kappa shape index (κ2) is 6.25. The number of hydrogen-bond donors (Lipinski definition) is 1. The van der Waals surface area contributed by atoms with Crippen LogP contribution in [0.25, 0.3) is 10.6 Å². The number of aromatic nitrogens is 1. The van der Waals surface area contributed by atoms with Gasteiger partial charge < -0.3 is 5.11 Å². The Balaban J connectivity index is 1.94. The number of rotatable bonds is 4. The number of halogens is 1. The first-order valence-corrected chi connectivity index (χ1v) is 10.3. The minimum absolute atomic E-state index is 0.0574. The number of aliphatic hydroxyl groups is 1. The number of benzene rings is 1. The monoisotopic (exact) mass is 416 g/mol. The van der Waals surface area contributed by atoms with Crippen molar-refractivity contribution in [2.45, 2.75) is 30.3 Å². The summed E-state index contributed by atoms with van der Waals surface area (Å²) in [4.78, 5) is 4.32. The van der Waals surface area contributed by atoms with Crippen LogP contribution in [0.2, 0.25) is 0 Å². The predicted molar refractivity (Wildman–Crippen MR) is 93.9 cm³/mol. The van der Waals surface area contributed by atoms with E-state index >= 15 is 0 Å². The van der Waals surface area contributed by atoms with E-state index in [4.69, 9.17) is 0 Å². The van der Waals surface area contributed by atoms with Crippen LogP contribution < -0.4 is 0 Å². The van der Waals surface area contributed by atoms with Crippen LogP contribution in [0, 0.1) is 0 Å². The zero-order valence-electron chi connectivity index (χ0n) is 12.6. The molecule has 1 fully saturated rings. The maximum absolute atomic E-state index is 12.9. The molecule has 1 saturated heterocycles. The SMILES string of the molecule is CC1(CO)CCCN1S(=O)(=O)c1csc(-c2ccc(Br)cc2)n1. The summed E-state index contributed by atoms with van der Waals surface area (Å²) in [5.41, 5.74) is 0.145. The lowest BCUT2D eigenvalue weighted by Gasteiger charge is -2.31. The number of aliphatic hydroxyl groups excluding tert-OH is 1. The summed E-state index contributed by atoms with van der Waals surface area (Å²) in [6.45, 7) is 2.01. The van der Waals surface area contributed by atoms with Crippen molar-refractivity contribution in [3.8, 4) is 10.6 Å². The van der Waals surface area contributed by atoms with Crippen LogP contribution in [-0.2, 0) is 10.0 Å². The Morgan fingerprint density at radius 1 is 1.39 bits per heavy atom. The van der Waals surface area contributed by atoms with Gasteiger partial charge in [0, 0.05) is 22.0 Å². The van der Waals surface area contributed by atoms with Gasteiger partial charge in [0.1, 0.15) is 5.01 Å². The first kappa shape index (κ1) is 17.0. The van der Waals surface area contributed by atoms with Gasteiger partial charge in [-0.3, -0.25) is 0 Å². The highest BCUT2D eigenvalue weighted by Crippen LogP contribution is 2.35. The lowest BCUT2D eigenvalue weighted by molar-refractivity contribution is 0.136. The molecule has 0 amide bonds. The lowest BCUT2D eigenvalue weighted by Crippen LogP contribution is -2.47. The Hall–Kier alpha value is -0.800. The highest BCUT2D eigenvalue weighted by molar-refractivity contribution is 9.10. The molecule has 1 unspecified atom stereocenters. The molecular formula is C15H17BrN2O3S2. The van der Waals surface area contributed by atoms with Crippen molar-refractivity contribution in [3.05, 3.63) is 34.1 Å². The van der Waals surface area contributed by atoms with Crippen molar-refractivity contribution in [1.82, 2.24) is 9.29 Å². The van der Waals surface area contributed by atoms with E-state index in [-0.39, 0.29) is 11.6 Å². The second-order valence-electron chi connectivity index (χ2n) is 5.83. The number of sulfonamides is 1. The third-order valence-corrected chi connectivity index (χ3v) is 7.66. The molecule has 23 heavy (non-hydrogen) atoms. The molecule has 1 atom stereocenters. The van der Waals surface area contributed by atoms with Crippen LogP contribution in [0.15, 0.2) is 39.1 Å². The molecule has 8 heteroatoms. The summed E-state index contributed by atoms with van der Waals surface area (Å²) in [7, 11) is -3.69. The molecule has 3 rings (SSSR count). The van der Waals surface area contributed by atoms with E-state index in [1.807, 2.05) is 24.3 Å². The van der Waals surface area contributed by atoms with Crippen molar-refractivity contribution in [2.75, 3.05) is 13.2 Å². The van der Waals surface area contributed by atoms with Gasteiger partial charge in [0.2, 0.25) is 0 Å². The first-order valence-electron chi connectivity index (χ1n) is 7.22. The Labute approximate surface area is 148 Å². The molecule has 1 aliphatic heterocycles. The first-order chi connectivity index (χ1) is 10.9. The summed E-state index contributed by atoms with van der Waals surface area (Å²) < 4.78 is 28.1.